The molecule has 0 spiro atoms. The standard InChI is InChI=1S/C18H18Cl2N2O3/c1-3-8-21-18(24)14-9-12(19)10-15(20)16(14)22-17(23)11-4-6-13(25-2)7-5-11/h4-7,9-10H,3,8H2,1-2H3,(H,21,24)(H,22,23). The molecule has 0 radical (unpaired) electrons. The minimum absolute atomic E-state index is 0.191. The second kappa shape index (κ2) is 8.74. The Balaban J connectivity index is 2.30. The predicted octanol–water partition coefficient (Wildman–Crippen LogP) is 4.39. The first kappa shape index (κ1) is 19.1. The number of anilines is 1. The largest absolute Gasteiger partial charge is 0.497 e. The smallest absolute Gasteiger partial charge is 0.255 e. The van der Waals surface area contributed by atoms with Gasteiger partial charge < -0.3 is 15.4 Å². The fourth-order valence-electron chi connectivity index (χ4n) is 2.14. The van der Waals surface area contributed by atoms with Crippen molar-refractivity contribution in [2.75, 3.05) is 19.0 Å². The van der Waals surface area contributed by atoms with Crippen LogP contribution in [0.1, 0.15) is 34.1 Å². The summed E-state index contributed by atoms with van der Waals surface area (Å²) in [7, 11) is 1.55. The number of carbonyl (C=O) groups is 2. The van der Waals surface area contributed by atoms with Gasteiger partial charge in [-0.1, -0.05) is 30.1 Å². The second-order valence-corrected chi connectivity index (χ2v) is 6.09. The molecule has 2 N–H and O–H groups in total. The topological polar surface area (TPSA) is 67.4 Å². The van der Waals surface area contributed by atoms with Crippen LogP contribution in [0.25, 0.3) is 0 Å². The lowest BCUT2D eigenvalue weighted by atomic mass is 10.1. The van der Waals surface area contributed by atoms with Gasteiger partial charge in [0.1, 0.15) is 5.75 Å². The van der Waals surface area contributed by atoms with Gasteiger partial charge in [0.05, 0.1) is 23.4 Å². The highest BCUT2D eigenvalue weighted by molar-refractivity contribution is 6.38. The molecule has 0 unspecified atom stereocenters. The van der Waals surface area contributed by atoms with Gasteiger partial charge in [0.2, 0.25) is 0 Å². The molecule has 0 bridgehead atoms. The zero-order valence-electron chi connectivity index (χ0n) is 13.9. The molecule has 0 heterocycles. The molecule has 0 saturated carbocycles. The summed E-state index contributed by atoms with van der Waals surface area (Å²) < 4.78 is 5.07. The van der Waals surface area contributed by atoms with Gasteiger partial charge in [-0.2, -0.15) is 0 Å². The van der Waals surface area contributed by atoms with Crippen molar-refractivity contribution in [3.63, 3.8) is 0 Å². The van der Waals surface area contributed by atoms with Crippen LogP contribution in [0, 0.1) is 0 Å². The van der Waals surface area contributed by atoms with E-state index in [0.717, 1.165) is 6.42 Å². The molecule has 7 heteroatoms. The van der Waals surface area contributed by atoms with Crippen LogP contribution >= 0.6 is 23.2 Å². The third-order valence-electron chi connectivity index (χ3n) is 3.43. The lowest BCUT2D eigenvalue weighted by Crippen LogP contribution is -2.26. The lowest BCUT2D eigenvalue weighted by molar-refractivity contribution is 0.0954. The van der Waals surface area contributed by atoms with Crippen molar-refractivity contribution in [1.29, 1.82) is 0 Å². The van der Waals surface area contributed by atoms with E-state index in [9.17, 15) is 9.59 Å². The first-order chi connectivity index (χ1) is 12.0. The predicted molar refractivity (Wildman–Crippen MR) is 100 cm³/mol. The number of rotatable bonds is 6. The molecule has 0 saturated heterocycles. The summed E-state index contributed by atoms with van der Waals surface area (Å²) in [5.41, 5.74) is 0.847. The van der Waals surface area contributed by atoms with Crippen molar-refractivity contribution in [2.45, 2.75) is 13.3 Å². The molecule has 0 fully saturated rings. The van der Waals surface area contributed by atoms with Crippen LogP contribution in [0.4, 0.5) is 5.69 Å². The summed E-state index contributed by atoms with van der Waals surface area (Å²) in [6, 6.07) is 9.54. The van der Waals surface area contributed by atoms with Crippen LogP contribution in [0.5, 0.6) is 5.75 Å². The van der Waals surface area contributed by atoms with Gasteiger partial charge in [0.15, 0.2) is 0 Å². The third kappa shape index (κ3) is 4.87. The Labute approximate surface area is 156 Å². The van der Waals surface area contributed by atoms with Crippen molar-refractivity contribution >= 4 is 40.7 Å². The Kier molecular flexibility index (Phi) is 6.67. The van der Waals surface area contributed by atoms with Gasteiger partial charge in [-0.25, -0.2) is 0 Å². The van der Waals surface area contributed by atoms with Gasteiger partial charge in [-0.15, -0.1) is 0 Å². The molecule has 0 aliphatic heterocycles. The molecule has 2 amide bonds. The van der Waals surface area contributed by atoms with Crippen molar-refractivity contribution in [1.82, 2.24) is 5.32 Å². The highest BCUT2D eigenvalue weighted by Crippen LogP contribution is 2.31. The van der Waals surface area contributed by atoms with Crippen molar-refractivity contribution in [3.05, 3.63) is 57.6 Å². The van der Waals surface area contributed by atoms with Gasteiger partial charge in [-0.3, -0.25) is 9.59 Å². The molecule has 0 atom stereocenters. The highest BCUT2D eigenvalue weighted by atomic mass is 35.5. The van der Waals surface area contributed by atoms with E-state index in [1.165, 1.54) is 12.1 Å². The van der Waals surface area contributed by atoms with Gasteiger partial charge >= 0.3 is 0 Å². The summed E-state index contributed by atoms with van der Waals surface area (Å²) in [5.74, 6) is -0.103. The molecule has 132 valence electrons. The van der Waals surface area contributed by atoms with Crippen molar-refractivity contribution in [2.24, 2.45) is 0 Å². The summed E-state index contributed by atoms with van der Waals surface area (Å²) >= 11 is 12.2. The summed E-state index contributed by atoms with van der Waals surface area (Å²) in [4.78, 5) is 24.8. The summed E-state index contributed by atoms with van der Waals surface area (Å²) in [5, 5.41) is 5.94. The number of carbonyl (C=O) groups excluding carboxylic acids is 2. The van der Waals surface area contributed by atoms with Crippen LogP contribution in [-0.4, -0.2) is 25.5 Å². The van der Waals surface area contributed by atoms with Gasteiger partial charge in [-0.05, 0) is 42.8 Å². The fraction of sp³-hybridized carbons (Fsp3) is 0.222. The first-order valence-electron chi connectivity index (χ1n) is 7.69. The van der Waals surface area contributed by atoms with Crippen LogP contribution in [0.2, 0.25) is 10.0 Å². The Morgan fingerprint density at radius 3 is 2.36 bits per heavy atom. The van der Waals surface area contributed by atoms with E-state index < -0.39 is 5.91 Å². The molecular weight excluding hydrogens is 363 g/mol. The Bertz CT molecular complexity index is 777. The lowest BCUT2D eigenvalue weighted by Gasteiger charge is -2.14. The average Bonchev–Trinajstić information content (AvgIpc) is 2.61. The van der Waals surface area contributed by atoms with Crippen molar-refractivity contribution in [3.8, 4) is 5.75 Å². The van der Waals surface area contributed by atoms with Crippen LogP contribution in [-0.2, 0) is 0 Å². The quantitative estimate of drug-likeness (QED) is 0.780. The molecule has 2 aromatic carbocycles. The van der Waals surface area contributed by atoms with Crippen LogP contribution in [0.15, 0.2) is 36.4 Å². The number of benzene rings is 2. The second-order valence-electron chi connectivity index (χ2n) is 5.25. The normalized spacial score (nSPS) is 10.2. The molecule has 0 aromatic heterocycles. The molecule has 2 rings (SSSR count). The maximum absolute atomic E-state index is 12.5. The maximum atomic E-state index is 12.5. The number of halogens is 2. The third-order valence-corrected chi connectivity index (χ3v) is 3.94. The SMILES string of the molecule is CCCNC(=O)c1cc(Cl)cc(Cl)c1NC(=O)c1ccc(OC)cc1. The Morgan fingerprint density at radius 2 is 1.76 bits per heavy atom. The zero-order valence-corrected chi connectivity index (χ0v) is 15.4. The monoisotopic (exact) mass is 380 g/mol. The van der Waals surface area contributed by atoms with Gasteiger partial charge in [0.25, 0.3) is 11.8 Å². The first-order valence-corrected chi connectivity index (χ1v) is 8.44. The van der Waals surface area contributed by atoms with Gasteiger partial charge in [0, 0.05) is 17.1 Å². The van der Waals surface area contributed by atoms with E-state index in [0.29, 0.717) is 22.9 Å². The maximum Gasteiger partial charge on any atom is 0.255 e. The molecule has 0 aliphatic rings. The van der Waals surface area contributed by atoms with E-state index in [1.807, 2.05) is 6.92 Å². The molecular formula is C18H18Cl2N2O3. The molecule has 0 aliphatic carbocycles. The van der Waals surface area contributed by atoms with E-state index in [4.69, 9.17) is 27.9 Å². The minimum atomic E-state index is -0.392. The number of ether oxygens (including phenoxy) is 1. The van der Waals surface area contributed by atoms with Crippen LogP contribution in [0.3, 0.4) is 0 Å². The highest BCUT2D eigenvalue weighted by Gasteiger charge is 2.18. The number of hydrogen-bond donors (Lipinski definition) is 2. The van der Waals surface area contributed by atoms with E-state index >= 15 is 0 Å². The number of hydrogen-bond acceptors (Lipinski definition) is 3. The van der Waals surface area contributed by atoms with Crippen LogP contribution < -0.4 is 15.4 Å². The minimum Gasteiger partial charge on any atom is -0.497 e. The van der Waals surface area contributed by atoms with E-state index in [1.54, 1.807) is 31.4 Å². The fourth-order valence-corrected chi connectivity index (χ4v) is 2.68. The number of nitrogens with one attached hydrogen (secondary N) is 2. The molecule has 5 nitrogen and oxygen atoms in total. The van der Waals surface area contributed by atoms with E-state index in [2.05, 4.69) is 10.6 Å². The molecule has 2 aromatic rings. The zero-order chi connectivity index (χ0) is 18.4. The summed E-state index contributed by atoms with van der Waals surface area (Å²) in [6.45, 7) is 2.45. The summed E-state index contributed by atoms with van der Waals surface area (Å²) in [6.07, 6.45) is 0.785. The molecule has 25 heavy (non-hydrogen) atoms. The Hall–Kier alpha value is -2.24. The van der Waals surface area contributed by atoms with E-state index in [-0.39, 0.29) is 22.2 Å². The number of methoxy groups -OCH3 is 1. The van der Waals surface area contributed by atoms with Crippen molar-refractivity contribution < 1.29 is 14.3 Å². The average molecular weight is 381 g/mol. The number of amides is 2. The Morgan fingerprint density at radius 1 is 1.08 bits per heavy atom.